The summed E-state index contributed by atoms with van der Waals surface area (Å²) in [5.41, 5.74) is -0.611. The summed E-state index contributed by atoms with van der Waals surface area (Å²) < 4.78 is 39.1. The normalized spacial score (nSPS) is 11.2. The van der Waals surface area contributed by atoms with E-state index >= 15 is 0 Å². The highest BCUT2D eigenvalue weighted by Crippen LogP contribution is 2.30. The predicted molar refractivity (Wildman–Crippen MR) is 77.6 cm³/mol. The van der Waals surface area contributed by atoms with Gasteiger partial charge >= 0.3 is 6.18 Å². The molecule has 0 unspecified atom stereocenters. The average molecular weight is 337 g/mol. The number of aryl methyl sites for hydroxylation is 1. The van der Waals surface area contributed by atoms with Crippen molar-refractivity contribution >= 4 is 24.8 Å². The minimum atomic E-state index is -4.39. The molecule has 1 N–H and O–H groups in total. The van der Waals surface area contributed by atoms with E-state index in [0.29, 0.717) is 6.54 Å². The molecule has 1 heterocycles. The molecule has 1 aromatic heterocycles. The first kappa shape index (κ1) is 21.8. The lowest BCUT2D eigenvalue weighted by Gasteiger charge is -2.10. The number of halogens is 5. The number of aromatic nitrogens is 2. The van der Waals surface area contributed by atoms with Gasteiger partial charge in [0.05, 0.1) is 0 Å². The second-order valence-electron chi connectivity index (χ2n) is 4.51. The van der Waals surface area contributed by atoms with Crippen molar-refractivity contribution in [3.63, 3.8) is 0 Å². The lowest BCUT2D eigenvalue weighted by atomic mass is 10.2. The third-order valence-corrected chi connectivity index (χ3v) is 2.45. The molecule has 0 radical (unpaired) electrons. The van der Waals surface area contributed by atoms with Crippen molar-refractivity contribution in [1.82, 2.24) is 20.0 Å². The molecular weight excluding hydrogens is 316 g/mol. The van der Waals surface area contributed by atoms with E-state index in [0.717, 1.165) is 13.0 Å². The van der Waals surface area contributed by atoms with E-state index in [1.807, 2.05) is 19.0 Å². The Labute approximate surface area is 129 Å². The van der Waals surface area contributed by atoms with Crippen LogP contribution in [0.25, 0.3) is 0 Å². The first-order chi connectivity index (χ1) is 8.30. The number of rotatable bonds is 6. The molecule has 120 valence electrons. The van der Waals surface area contributed by atoms with E-state index in [9.17, 15) is 13.2 Å². The molecule has 0 aliphatic rings. The predicted octanol–water partition coefficient (Wildman–Crippen LogP) is 2.32. The topological polar surface area (TPSA) is 33.1 Å². The molecule has 0 amide bonds. The van der Waals surface area contributed by atoms with Crippen molar-refractivity contribution in [3.8, 4) is 0 Å². The van der Waals surface area contributed by atoms with Crippen molar-refractivity contribution in [2.45, 2.75) is 19.1 Å². The molecule has 0 fully saturated rings. The van der Waals surface area contributed by atoms with Gasteiger partial charge in [0.2, 0.25) is 0 Å². The van der Waals surface area contributed by atoms with Crippen LogP contribution in [-0.2, 0) is 19.8 Å². The maximum Gasteiger partial charge on any atom is 0.435 e. The maximum atomic E-state index is 12.6. The van der Waals surface area contributed by atoms with Crippen molar-refractivity contribution in [1.29, 1.82) is 0 Å². The zero-order valence-corrected chi connectivity index (χ0v) is 13.3. The fourth-order valence-electron chi connectivity index (χ4n) is 1.65. The summed E-state index contributed by atoms with van der Waals surface area (Å²) in [6, 6.07) is 0. The highest BCUT2D eigenvalue weighted by Gasteiger charge is 2.36. The van der Waals surface area contributed by atoms with Crippen LogP contribution in [0.4, 0.5) is 13.2 Å². The van der Waals surface area contributed by atoms with E-state index in [1.165, 1.54) is 17.9 Å². The van der Waals surface area contributed by atoms with Gasteiger partial charge in [0, 0.05) is 25.4 Å². The van der Waals surface area contributed by atoms with Crippen LogP contribution in [0, 0.1) is 0 Å². The van der Waals surface area contributed by atoms with Crippen LogP contribution in [0.3, 0.4) is 0 Å². The minimum Gasteiger partial charge on any atom is -0.312 e. The minimum absolute atomic E-state index is 0. The molecule has 0 saturated carbocycles. The second kappa shape index (κ2) is 9.44. The van der Waals surface area contributed by atoms with Gasteiger partial charge in [-0.25, -0.2) is 0 Å². The van der Waals surface area contributed by atoms with Crippen molar-refractivity contribution in [3.05, 3.63) is 17.5 Å². The summed E-state index contributed by atoms with van der Waals surface area (Å²) in [7, 11) is 5.41. The third kappa shape index (κ3) is 7.33. The van der Waals surface area contributed by atoms with Crippen LogP contribution in [0.2, 0.25) is 0 Å². The lowest BCUT2D eigenvalue weighted by molar-refractivity contribution is -0.142. The van der Waals surface area contributed by atoms with Gasteiger partial charge in [0.25, 0.3) is 0 Å². The van der Waals surface area contributed by atoms with E-state index < -0.39 is 11.9 Å². The fourth-order valence-corrected chi connectivity index (χ4v) is 1.65. The van der Waals surface area contributed by atoms with Crippen LogP contribution < -0.4 is 5.32 Å². The summed E-state index contributed by atoms with van der Waals surface area (Å²) in [5.74, 6) is 0. The molecule has 9 heteroatoms. The van der Waals surface area contributed by atoms with Crippen LogP contribution >= 0.6 is 24.8 Å². The highest BCUT2D eigenvalue weighted by molar-refractivity contribution is 5.85. The van der Waals surface area contributed by atoms with Crippen molar-refractivity contribution < 1.29 is 13.2 Å². The largest absolute Gasteiger partial charge is 0.435 e. The second-order valence-corrected chi connectivity index (χ2v) is 4.51. The molecule has 0 aromatic carbocycles. The summed E-state index contributed by atoms with van der Waals surface area (Å²) >= 11 is 0. The molecule has 0 saturated heterocycles. The van der Waals surface area contributed by atoms with E-state index in [4.69, 9.17) is 0 Å². The summed E-state index contributed by atoms with van der Waals surface area (Å²) in [6.45, 7) is 1.78. The maximum absolute atomic E-state index is 12.6. The Balaban J connectivity index is 0. The Morgan fingerprint density at radius 3 is 2.40 bits per heavy atom. The highest BCUT2D eigenvalue weighted by atomic mass is 35.5. The average Bonchev–Trinajstić information content (AvgIpc) is 2.58. The molecule has 0 spiro atoms. The molecule has 0 aliphatic carbocycles. The number of alkyl halides is 3. The van der Waals surface area contributed by atoms with Crippen LogP contribution in [0.1, 0.15) is 17.7 Å². The molecule has 1 aromatic rings. The SMILES string of the molecule is CN(C)CCCNCc1cn(C)nc1C(F)(F)F.Cl.Cl. The van der Waals surface area contributed by atoms with Gasteiger partial charge in [-0.1, -0.05) is 0 Å². The van der Waals surface area contributed by atoms with Gasteiger partial charge in [-0.15, -0.1) is 24.8 Å². The number of nitrogens with one attached hydrogen (secondary N) is 1. The van der Waals surface area contributed by atoms with Gasteiger partial charge in [-0.2, -0.15) is 18.3 Å². The molecule has 0 aliphatic heterocycles. The first-order valence-corrected chi connectivity index (χ1v) is 5.76. The van der Waals surface area contributed by atoms with E-state index in [2.05, 4.69) is 10.4 Å². The van der Waals surface area contributed by atoms with Gasteiger partial charge in [-0.3, -0.25) is 4.68 Å². The van der Waals surface area contributed by atoms with Gasteiger partial charge < -0.3 is 10.2 Å². The Kier molecular flexibility index (Phi) is 10.3. The third-order valence-electron chi connectivity index (χ3n) is 2.45. The Morgan fingerprint density at radius 1 is 1.30 bits per heavy atom. The standard InChI is InChI=1S/C11H19F3N4.2ClH/c1-17(2)6-4-5-15-7-9-8-18(3)16-10(9)11(12,13)14;;/h8,15H,4-7H2,1-3H3;2*1H. The number of hydrogen-bond donors (Lipinski definition) is 1. The molecule has 0 bridgehead atoms. The smallest absolute Gasteiger partial charge is 0.312 e. The zero-order chi connectivity index (χ0) is 13.8. The van der Waals surface area contributed by atoms with Gasteiger partial charge in [0.1, 0.15) is 0 Å². The monoisotopic (exact) mass is 336 g/mol. The van der Waals surface area contributed by atoms with Gasteiger partial charge in [-0.05, 0) is 33.6 Å². The summed E-state index contributed by atoms with van der Waals surface area (Å²) in [4.78, 5) is 2.03. The fraction of sp³-hybridized carbons (Fsp3) is 0.727. The van der Waals surface area contributed by atoms with Gasteiger partial charge in [0.15, 0.2) is 5.69 Å². The Morgan fingerprint density at radius 2 is 1.90 bits per heavy atom. The molecule has 4 nitrogen and oxygen atoms in total. The molecular formula is C11H21Cl2F3N4. The Bertz CT molecular complexity index is 380. The molecule has 0 atom stereocenters. The van der Waals surface area contributed by atoms with E-state index in [1.54, 1.807) is 0 Å². The van der Waals surface area contributed by atoms with Crippen LogP contribution in [0.5, 0.6) is 0 Å². The van der Waals surface area contributed by atoms with Crippen LogP contribution in [0.15, 0.2) is 6.20 Å². The van der Waals surface area contributed by atoms with E-state index in [-0.39, 0.29) is 36.9 Å². The Hall–Kier alpha value is -0.500. The summed E-state index contributed by atoms with van der Waals surface area (Å²) in [6.07, 6.45) is -2.09. The lowest BCUT2D eigenvalue weighted by Crippen LogP contribution is -2.22. The zero-order valence-electron chi connectivity index (χ0n) is 11.7. The van der Waals surface area contributed by atoms with Crippen molar-refractivity contribution in [2.75, 3.05) is 27.2 Å². The quantitative estimate of drug-likeness (QED) is 0.809. The number of hydrogen-bond acceptors (Lipinski definition) is 3. The molecule has 1 rings (SSSR count). The summed E-state index contributed by atoms with van der Waals surface area (Å²) in [5, 5.41) is 6.46. The number of nitrogens with zero attached hydrogens (tertiary/aromatic N) is 3. The molecule has 20 heavy (non-hydrogen) atoms. The first-order valence-electron chi connectivity index (χ1n) is 5.76. The van der Waals surface area contributed by atoms with Crippen molar-refractivity contribution in [2.24, 2.45) is 7.05 Å². The van der Waals surface area contributed by atoms with Crippen LogP contribution in [-0.4, -0.2) is 41.9 Å².